The van der Waals surface area contributed by atoms with E-state index in [1.165, 1.54) is 0 Å². The summed E-state index contributed by atoms with van der Waals surface area (Å²) < 4.78 is 5.20. The fourth-order valence-electron chi connectivity index (χ4n) is 2.54. The predicted octanol–water partition coefficient (Wildman–Crippen LogP) is 2.43. The van der Waals surface area contributed by atoms with Gasteiger partial charge in [-0.05, 0) is 42.8 Å². The summed E-state index contributed by atoms with van der Waals surface area (Å²) in [5.41, 5.74) is 14.0. The van der Waals surface area contributed by atoms with Crippen LogP contribution in [-0.4, -0.2) is 29.7 Å². The Labute approximate surface area is 155 Å². The Morgan fingerprint density at radius 3 is 2.48 bits per heavy atom. The van der Waals surface area contributed by atoms with Gasteiger partial charge in [-0.1, -0.05) is 12.1 Å². The predicted molar refractivity (Wildman–Crippen MR) is 107 cm³/mol. The quantitative estimate of drug-likeness (QED) is 0.314. The van der Waals surface area contributed by atoms with E-state index in [0.29, 0.717) is 17.1 Å². The number of fused-ring (bicyclic) bond motifs is 1. The zero-order chi connectivity index (χ0) is 19.4. The molecule has 8 heteroatoms. The Morgan fingerprint density at radius 1 is 1.07 bits per heavy atom. The molecule has 0 aliphatic heterocycles. The van der Waals surface area contributed by atoms with Crippen LogP contribution in [0.4, 0.5) is 5.69 Å². The first kappa shape index (κ1) is 18.0. The number of aromatic amines is 1. The summed E-state index contributed by atoms with van der Waals surface area (Å²) in [6, 6.07) is 14.6. The van der Waals surface area contributed by atoms with Crippen molar-refractivity contribution >= 4 is 34.2 Å². The number of guanidine groups is 1. The summed E-state index contributed by atoms with van der Waals surface area (Å²) in [6.07, 6.45) is 0. The Hall–Kier alpha value is -3.81. The van der Waals surface area contributed by atoms with Crippen molar-refractivity contribution in [3.8, 4) is 5.75 Å². The van der Waals surface area contributed by atoms with Gasteiger partial charge in [-0.3, -0.25) is 4.79 Å². The number of nitrogens with two attached hydrogens (primary N) is 2. The number of carbonyl (C=O) groups excluding carboxylic acids is 1. The van der Waals surface area contributed by atoms with E-state index >= 15 is 0 Å². The van der Waals surface area contributed by atoms with Crippen molar-refractivity contribution in [2.75, 3.05) is 12.4 Å². The summed E-state index contributed by atoms with van der Waals surface area (Å²) in [6.45, 7) is 1.79. The van der Waals surface area contributed by atoms with Gasteiger partial charge < -0.3 is 26.5 Å². The normalized spacial score (nSPS) is 11.3. The number of amides is 1. The lowest BCUT2D eigenvalue weighted by molar-refractivity contribution is 0.102. The SMILES string of the molecule is COc1ccc2cc(C(=O)Nc3ccc(C(C)=NN=C(N)N)cc3)[nH]c2c1. The Bertz CT molecular complexity index is 1030. The zero-order valence-electron chi connectivity index (χ0n) is 15.0. The van der Waals surface area contributed by atoms with E-state index in [4.69, 9.17) is 16.2 Å². The second-order valence-corrected chi connectivity index (χ2v) is 5.88. The number of ether oxygens (including phenoxy) is 1. The number of carbonyl (C=O) groups is 1. The van der Waals surface area contributed by atoms with Gasteiger partial charge in [-0.15, -0.1) is 5.10 Å². The first-order chi connectivity index (χ1) is 13.0. The number of benzene rings is 2. The van der Waals surface area contributed by atoms with Crippen molar-refractivity contribution in [1.29, 1.82) is 0 Å². The molecule has 1 aromatic heterocycles. The lowest BCUT2D eigenvalue weighted by atomic mass is 10.1. The highest BCUT2D eigenvalue weighted by Crippen LogP contribution is 2.22. The van der Waals surface area contributed by atoms with Crippen molar-refractivity contribution in [3.05, 3.63) is 59.8 Å². The van der Waals surface area contributed by atoms with Crippen molar-refractivity contribution in [3.63, 3.8) is 0 Å². The van der Waals surface area contributed by atoms with E-state index in [9.17, 15) is 4.79 Å². The minimum atomic E-state index is -0.233. The van der Waals surface area contributed by atoms with Gasteiger partial charge in [-0.25, -0.2) is 0 Å². The first-order valence-corrected chi connectivity index (χ1v) is 8.18. The molecule has 0 spiro atoms. The van der Waals surface area contributed by atoms with Gasteiger partial charge in [0.2, 0.25) is 5.96 Å². The van der Waals surface area contributed by atoms with Crippen molar-refractivity contribution in [2.45, 2.75) is 6.92 Å². The summed E-state index contributed by atoms with van der Waals surface area (Å²) in [4.78, 5) is 15.6. The second kappa shape index (κ2) is 7.61. The van der Waals surface area contributed by atoms with E-state index in [-0.39, 0.29) is 11.9 Å². The van der Waals surface area contributed by atoms with E-state index in [1.807, 2.05) is 30.3 Å². The highest BCUT2D eigenvalue weighted by atomic mass is 16.5. The first-order valence-electron chi connectivity index (χ1n) is 8.18. The van der Waals surface area contributed by atoms with Gasteiger partial charge in [0.05, 0.1) is 12.8 Å². The van der Waals surface area contributed by atoms with Gasteiger partial charge in [-0.2, -0.15) is 5.10 Å². The standard InChI is InChI=1S/C19H20N6O2/c1-11(24-25-19(20)21)12-3-6-14(7-4-12)22-18(26)17-9-13-5-8-15(27-2)10-16(13)23-17/h3-10,23H,1-2H3,(H,22,26)(H4,20,21,25). The number of aromatic nitrogens is 1. The number of nitrogens with zero attached hydrogens (tertiary/aromatic N) is 2. The third-order valence-electron chi connectivity index (χ3n) is 3.95. The third-order valence-corrected chi connectivity index (χ3v) is 3.95. The molecule has 3 aromatic rings. The molecule has 0 fully saturated rings. The van der Waals surface area contributed by atoms with E-state index < -0.39 is 0 Å². The molecular formula is C19H20N6O2. The van der Waals surface area contributed by atoms with Gasteiger partial charge in [0.1, 0.15) is 11.4 Å². The van der Waals surface area contributed by atoms with Crippen LogP contribution in [0.15, 0.2) is 58.7 Å². The monoisotopic (exact) mass is 364 g/mol. The average Bonchev–Trinajstić information content (AvgIpc) is 3.10. The maximum atomic E-state index is 12.5. The molecule has 3 rings (SSSR count). The number of nitrogens with one attached hydrogen (secondary N) is 2. The van der Waals surface area contributed by atoms with E-state index in [0.717, 1.165) is 22.2 Å². The topological polar surface area (TPSA) is 131 Å². The minimum absolute atomic E-state index is 0.103. The molecule has 8 nitrogen and oxygen atoms in total. The molecule has 2 aromatic carbocycles. The highest BCUT2D eigenvalue weighted by molar-refractivity contribution is 6.06. The number of rotatable bonds is 5. The number of methoxy groups -OCH3 is 1. The van der Waals surface area contributed by atoms with Crippen LogP contribution in [0.25, 0.3) is 10.9 Å². The number of hydrogen-bond acceptors (Lipinski definition) is 4. The Morgan fingerprint density at radius 2 is 1.81 bits per heavy atom. The van der Waals surface area contributed by atoms with Crippen LogP contribution < -0.4 is 21.5 Å². The third kappa shape index (κ3) is 4.24. The summed E-state index contributed by atoms with van der Waals surface area (Å²) >= 11 is 0. The smallest absolute Gasteiger partial charge is 0.272 e. The minimum Gasteiger partial charge on any atom is -0.497 e. The van der Waals surface area contributed by atoms with Crippen LogP contribution in [0.5, 0.6) is 5.75 Å². The average molecular weight is 364 g/mol. The fraction of sp³-hybridized carbons (Fsp3) is 0.105. The lowest BCUT2D eigenvalue weighted by Crippen LogP contribution is -2.22. The second-order valence-electron chi connectivity index (χ2n) is 5.88. The maximum absolute atomic E-state index is 12.5. The van der Waals surface area contributed by atoms with Crippen LogP contribution in [0.1, 0.15) is 23.0 Å². The number of H-pyrrole nitrogens is 1. The van der Waals surface area contributed by atoms with Crippen molar-refractivity contribution in [1.82, 2.24) is 4.98 Å². The number of hydrogen-bond donors (Lipinski definition) is 4. The van der Waals surface area contributed by atoms with Gasteiger partial charge >= 0.3 is 0 Å². The molecule has 0 atom stereocenters. The molecule has 138 valence electrons. The van der Waals surface area contributed by atoms with Crippen LogP contribution in [-0.2, 0) is 0 Å². The molecule has 0 aliphatic carbocycles. The zero-order valence-corrected chi connectivity index (χ0v) is 15.0. The molecule has 6 N–H and O–H groups in total. The molecule has 0 unspecified atom stereocenters. The van der Waals surface area contributed by atoms with E-state index in [1.54, 1.807) is 32.2 Å². The molecule has 0 saturated heterocycles. The van der Waals surface area contributed by atoms with Crippen LogP contribution in [0, 0.1) is 0 Å². The van der Waals surface area contributed by atoms with Gasteiger partial charge in [0.25, 0.3) is 5.91 Å². The summed E-state index contributed by atoms with van der Waals surface area (Å²) in [7, 11) is 1.60. The maximum Gasteiger partial charge on any atom is 0.272 e. The van der Waals surface area contributed by atoms with Gasteiger partial charge in [0.15, 0.2) is 0 Å². The molecule has 0 saturated carbocycles. The molecular weight excluding hydrogens is 344 g/mol. The molecule has 1 amide bonds. The van der Waals surface area contributed by atoms with Crippen molar-refractivity contribution < 1.29 is 9.53 Å². The Balaban J connectivity index is 1.74. The molecule has 27 heavy (non-hydrogen) atoms. The molecule has 0 radical (unpaired) electrons. The lowest BCUT2D eigenvalue weighted by Gasteiger charge is -2.05. The summed E-state index contributed by atoms with van der Waals surface area (Å²) in [5.74, 6) is 0.391. The van der Waals surface area contributed by atoms with Gasteiger partial charge in [0, 0.05) is 22.7 Å². The summed E-state index contributed by atoms with van der Waals surface area (Å²) in [5, 5.41) is 11.3. The largest absolute Gasteiger partial charge is 0.497 e. The molecule has 1 heterocycles. The molecule has 0 bridgehead atoms. The van der Waals surface area contributed by atoms with Crippen molar-refractivity contribution in [2.24, 2.45) is 21.7 Å². The fourth-order valence-corrected chi connectivity index (χ4v) is 2.54. The van der Waals surface area contributed by atoms with E-state index in [2.05, 4.69) is 20.5 Å². The number of anilines is 1. The van der Waals surface area contributed by atoms with Crippen LogP contribution >= 0.6 is 0 Å². The van der Waals surface area contributed by atoms with Crippen LogP contribution in [0.3, 0.4) is 0 Å². The highest BCUT2D eigenvalue weighted by Gasteiger charge is 2.10. The molecule has 0 aliphatic rings. The Kier molecular flexibility index (Phi) is 5.07. The van der Waals surface area contributed by atoms with Crippen LogP contribution in [0.2, 0.25) is 0 Å².